The van der Waals surface area contributed by atoms with Gasteiger partial charge in [0.15, 0.2) is 0 Å². The van der Waals surface area contributed by atoms with Crippen LogP contribution in [0.4, 0.5) is 0 Å². The number of thioether (sulfide) groups is 1. The van der Waals surface area contributed by atoms with Gasteiger partial charge in [0.1, 0.15) is 11.3 Å². The Labute approximate surface area is 136 Å². The van der Waals surface area contributed by atoms with E-state index in [1.807, 2.05) is 12.1 Å². The Morgan fingerprint density at radius 1 is 1.14 bits per heavy atom. The van der Waals surface area contributed by atoms with E-state index >= 15 is 0 Å². The summed E-state index contributed by atoms with van der Waals surface area (Å²) in [6, 6.07) is 12.0. The molecule has 0 spiro atoms. The largest absolute Gasteiger partial charge is 0.492 e. The zero-order valence-corrected chi connectivity index (χ0v) is 13.2. The van der Waals surface area contributed by atoms with Crippen LogP contribution in [0.15, 0.2) is 47.4 Å². The molecule has 0 amide bonds. The molecule has 0 fully saturated rings. The summed E-state index contributed by atoms with van der Waals surface area (Å²) in [5.74, 6) is -0.00693. The van der Waals surface area contributed by atoms with Crippen LogP contribution in [0, 0.1) is 0 Å². The number of carboxylic acid groups (broad SMARTS) is 1. The van der Waals surface area contributed by atoms with Gasteiger partial charge in [-0.3, -0.25) is 0 Å². The molecule has 2 rings (SSSR count). The highest BCUT2D eigenvalue weighted by molar-refractivity contribution is 7.99. The first-order valence-electron chi connectivity index (χ1n) is 6.11. The van der Waals surface area contributed by atoms with Crippen LogP contribution in [0.5, 0.6) is 5.75 Å². The van der Waals surface area contributed by atoms with Crippen LogP contribution >= 0.6 is 35.0 Å². The molecule has 0 radical (unpaired) electrons. The van der Waals surface area contributed by atoms with Gasteiger partial charge in [-0.1, -0.05) is 41.4 Å². The number of hydrogen-bond donors (Lipinski definition) is 1. The molecule has 0 bridgehead atoms. The number of halogens is 2. The van der Waals surface area contributed by atoms with Crippen LogP contribution in [0.3, 0.4) is 0 Å². The standard InChI is InChI=1S/C15H12Cl2O3S/c16-11-5-3-7-13(14(11)17)21-9-8-20-12-6-2-1-4-10(12)15(18)19/h1-7H,8-9H2,(H,18,19). The van der Waals surface area contributed by atoms with Gasteiger partial charge in [-0.2, -0.15) is 0 Å². The Morgan fingerprint density at radius 2 is 1.90 bits per heavy atom. The van der Waals surface area contributed by atoms with Crippen LogP contribution in [-0.2, 0) is 0 Å². The normalized spacial score (nSPS) is 10.4. The SMILES string of the molecule is O=C(O)c1ccccc1OCCSc1cccc(Cl)c1Cl. The molecule has 2 aromatic carbocycles. The van der Waals surface area contributed by atoms with Crippen molar-refractivity contribution in [3.05, 3.63) is 58.1 Å². The molecule has 0 unspecified atom stereocenters. The van der Waals surface area contributed by atoms with Crippen LogP contribution < -0.4 is 4.74 Å². The van der Waals surface area contributed by atoms with E-state index in [1.54, 1.807) is 24.3 Å². The molecule has 0 atom stereocenters. The van der Waals surface area contributed by atoms with Crippen molar-refractivity contribution in [1.82, 2.24) is 0 Å². The van der Waals surface area contributed by atoms with E-state index in [0.29, 0.717) is 28.2 Å². The third-order valence-electron chi connectivity index (χ3n) is 2.63. The Bertz CT molecular complexity index is 647. The maximum atomic E-state index is 11.0. The molecular weight excluding hydrogens is 331 g/mol. The average molecular weight is 343 g/mol. The summed E-state index contributed by atoms with van der Waals surface area (Å²) in [7, 11) is 0. The number of carbonyl (C=O) groups is 1. The first-order valence-corrected chi connectivity index (χ1v) is 7.85. The predicted molar refractivity (Wildman–Crippen MR) is 86.1 cm³/mol. The number of para-hydroxylation sites is 1. The van der Waals surface area contributed by atoms with Gasteiger partial charge in [0.05, 0.1) is 16.7 Å². The minimum atomic E-state index is -1.00. The van der Waals surface area contributed by atoms with Gasteiger partial charge in [0, 0.05) is 10.6 Å². The molecule has 1 N–H and O–H groups in total. The van der Waals surface area contributed by atoms with Crippen molar-refractivity contribution in [3.63, 3.8) is 0 Å². The number of ether oxygens (including phenoxy) is 1. The molecule has 2 aromatic rings. The minimum Gasteiger partial charge on any atom is -0.492 e. The third kappa shape index (κ3) is 4.30. The lowest BCUT2D eigenvalue weighted by molar-refractivity contribution is 0.0692. The summed E-state index contributed by atoms with van der Waals surface area (Å²) < 4.78 is 5.51. The summed E-state index contributed by atoms with van der Waals surface area (Å²) >= 11 is 13.5. The van der Waals surface area contributed by atoms with Crippen LogP contribution in [0.2, 0.25) is 10.0 Å². The second-order valence-corrected chi connectivity index (χ2v) is 5.97. The molecule has 0 aliphatic rings. The fourth-order valence-electron chi connectivity index (χ4n) is 1.67. The van der Waals surface area contributed by atoms with Gasteiger partial charge in [-0.15, -0.1) is 11.8 Å². The molecule has 110 valence electrons. The van der Waals surface area contributed by atoms with Crippen molar-refractivity contribution in [2.45, 2.75) is 4.90 Å². The lowest BCUT2D eigenvalue weighted by atomic mass is 10.2. The van der Waals surface area contributed by atoms with Gasteiger partial charge in [-0.05, 0) is 24.3 Å². The van der Waals surface area contributed by atoms with Gasteiger partial charge in [0.25, 0.3) is 0 Å². The highest BCUT2D eigenvalue weighted by Crippen LogP contribution is 2.32. The summed E-state index contributed by atoms with van der Waals surface area (Å²) in [5, 5.41) is 10.1. The van der Waals surface area contributed by atoms with Gasteiger partial charge in [-0.25, -0.2) is 4.79 Å². The maximum Gasteiger partial charge on any atom is 0.339 e. The number of rotatable bonds is 6. The highest BCUT2D eigenvalue weighted by atomic mass is 35.5. The fraction of sp³-hybridized carbons (Fsp3) is 0.133. The topological polar surface area (TPSA) is 46.5 Å². The molecular formula is C15H12Cl2O3S. The van der Waals surface area contributed by atoms with Gasteiger partial charge < -0.3 is 9.84 Å². The predicted octanol–water partition coefficient (Wildman–Crippen LogP) is 4.86. The molecule has 0 heterocycles. The molecule has 0 saturated carbocycles. The first-order chi connectivity index (χ1) is 10.1. The second-order valence-electron chi connectivity index (χ2n) is 4.05. The van der Waals surface area contributed by atoms with E-state index in [4.69, 9.17) is 33.0 Å². The highest BCUT2D eigenvalue weighted by Gasteiger charge is 2.10. The molecule has 0 aliphatic heterocycles. The molecule has 0 saturated heterocycles. The maximum absolute atomic E-state index is 11.0. The van der Waals surface area contributed by atoms with Gasteiger partial charge >= 0.3 is 5.97 Å². The Kier molecular flexibility index (Phi) is 5.79. The Balaban J connectivity index is 1.91. The fourth-order valence-corrected chi connectivity index (χ4v) is 2.99. The number of carboxylic acids is 1. The third-order valence-corrected chi connectivity index (χ3v) is 4.59. The smallest absolute Gasteiger partial charge is 0.339 e. The lowest BCUT2D eigenvalue weighted by Crippen LogP contribution is -2.05. The van der Waals surface area contributed by atoms with E-state index < -0.39 is 5.97 Å². The van der Waals surface area contributed by atoms with Crippen LogP contribution in [0.1, 0.15) is 10.4 Å². The summed E-state index contributed by atoms with van der Waals surface area (Å²) in [6.45, 7) is 0.373. The lowest BCUT2D eigenvalue weighted by Gasteiger charge is -2.09. The summed E-state index contributed by atoms with van der Waals surface area (Å²) in [5.41, 5.74) is 0.156. The van der Waals surface area contributed by atoms with Crippen molar-refractivity contribution in [2.24, 2.45) is 0 Å². The van der Waals surface area contributed by atoms with E-state index in [-0.39, 0.29) is 5.56 Å². The van der Waals surface area contributed by atoms with Crippen molar-refractivity contribution in [2.75, 3.05) is 12.4 Å². The molecule has 21 heavy (non-hydrogen) atoms. The molecule has 6 heteroatoms. The first kappa shape index (κ1) is 16.0. The second kappa shape index (κ2) is 7.59. The van der Waals surface area contributed by atoms with Gasteiger partial charge in [0.2, 0.25) is 0 Å². The quantitative estimate of drug-likeness (QED) is 0.601. The Morgan fingerprint density at radius 3 is 2.67 bits per heavy atom. The van der Waals surface area contributed by atoms with Crippen molar-refractivity contribution in [1.29, 1.82) is 0 Å². The zero-order chi connectivity index (χ0) is 15.2. The average Bonchev–Trinajstić information content (AvgIpc) is 2.48. The molecule has 3 nitrogen and oxygen atoms in total. The van der Waals surface area contributed by atoms with E-state index in [2.05, 4.69) is 0 Å². The van der Waals surface area contributed by atoms with E-state index in [0.717, 1.165) is 4.90 Å². The minimum absolute atomic E-state index is 0.156. The Hall–Kier alpha value is -1.36. The van der Waals surface area contributed by atoms with Crippen molar-refractivity contribution < 1.29 is 14.6 Å². The van der Waals surface area contributed by atoms with Crippen molar-refractivity contribution >= 4 is 40.9 Å². The monoisotopic (exact) mass is 342 g/mol. The zero-order valence-electron chi connectivity index (χ0n) is 10.9. The van der Waals surface area contributed by atoms with E-state index in [9.17, 15) is 4.79 Å². The van der Waals surface area contributed by atoms with Crippen molar-refractivity contribution in [3.8, 4) is 5.75 Å². The van der Waals surface area contributed by atoms with E-state index in [1.165, 1.54) is 17.8 Å². The number of benzene rings is 2. The van der Waals surface area contributed by atoms with Crippen LogP contribution in [0.25, 0.3) is 0 Å². The molecule has 0 aliphatic carbocycles. The summed E-state index contributed by atoms with van der Waals surface area (Å²) in [4.78, 5) is 11.9. The summed E-state index contributed by atoms with van der Waals surface area (Å²) in [6.07, 6.45) is 0. The number of hydrogen-bond acceptors (Lipinski definition) is 3. The van der Waals surface area contributed by atoms with Crippen LogP contribution in [-0.4, -0.2) is 23.4 Å². The molecule has 0 aromatic heterocycles. The number of aromatic carboxylic acids is 1.